The number of carbonyl (C=O) groups excluding carboxylic acids is 1. The van der Waals surface area contributed by atoms with Gasteiger partial charge < -0.3 is 4.74 Å². The zero-order valence-corrected chi connectivity index (χ0v) is 19.7. The minimum atomic E-state index is -0.323. The lowest BCUT2D eigenvalue weighted by Gasteiger charge is -2.15. The first-order chi connectivity index (χ1) is 15.6. The van der Waals surface area contributed by atoms with Crippen molar-refractivity contribution in [3.63, 3.8) is 0 Å². The summed E-state index contributed by atoms with van der Waals surface area (Å²) >= 11 is 1.65. The second-order valence-electron chi connectivity index (χ2n) is 8.33. The number of hydrogen-bond donors (Lipinski definition) is 1. The van der Waals surface area contributed by atoms with E-state index >= 15 is 0 Å². The Morgan fingerprint density at radius 2 is 1.91 bits per heavy atom. The molecule has 0 unspecified atom stereocenters. The lowest BCUT2D eigenvalue weighted by Crippen LogP contribution is -2.36. The summed E-state index contributed by atoms with van der Waals surface area (Å²) in [4.78, 5) is 33.5. The smallest absolute Gasteiger partial charge is 0.281 e. The number of hydrogen-bond acceptors (Lipinski definition) is 5. The van der Waals surface area contributed by atoms with E-state index in [0.29, 0.717) is 29.8 Å². The molecular weight excluding hydrogens is 422 g/mol. The molecule has 32 heavy (non-hydrogen) atoms. The Morgan fingerprint density at radius 3 is 2.66 bits per heavy atom. The van der Waals surface area contributed by atoms with Gasteiger partial charge in [-0.05, 0) is 68.4 Å². The summed E-state index contributed by atoms with van der Waals surface area (Å²) in [5.41, 5.74) is 4.30. The highest BCUT2D eigenvalue weighted by atomic mass is 32.1. The summed E-state index contributed by atoms with van der Waals surface area (Å²) in [6, 6.07) is 7.01. The summed E-state index contributed by atoms with van der Waals surface area (Å²) < 4.78 is 6.99. The van der Waals surface area contributed by atoms with Gasteiger partial charge in [0.05, 0.1) is 12.0 Å². The molecular formula is C25H31N3O3S. The van der Waals surface area contributed by atoms with Crippen molar-refractivity contribution in [3.05, 3.63) is 56.4 Å². The van der Waals surface area contributed by atoms with Crippen molar-refractivity contribution in [2.24, 2.45) is 0 Å². The van der Waals surface area contributed by atoms with Crippen molar-refractivity contribution in [2.75, 3.05) is 12.0 Å². The standard InChI is InChI=1S/C25H31N3O3S/c1-3-5-6-11-21-26-24-22(19-9-7-8-10-20(19)32-24)25(30)28(21)27-23(29)17-12-14-18(15-13-17)31-16-4-2/h12-15H,3-11,16H2,1-2H3,(H,27,29). The lowest BCUT2D eigenvalue weighted by molar-refractivity contribution is 0.101. The number of aryl methyl sites for hydroxylation is 3. The molecule has 0 atom stereocenters. The van der Waals surface area contributed by atoms with Gasteiger partial charge in [0.1, 0.15) is 16.4 Å². The van der Waals surface area contributed by atoms with Crippen molar-refractivity contribution in [2.45, 2.75) is 71.6 Å². The Labute approximate surface area is 192 Å². The van der Waals surface area contributed by atoms with Crippen molar-refractivity contribution in [3.8, 4) is 5.75 Å². The van der Waals surface area contributed by atoms with Crippen LogP contribution in [0.1, 0.15) is 79.0 Å². The van der Waals surface area contributed by atoms with Crippen molar-refractivity contribution >= 4 is 27.5 Å². The molecule has 6 nitrogen and oxygen atoms in total. The monoisotopic (exact) mass is 453 g/mol. The molecule has 1 aliphatic rings. The van der Waals surface area contributed by atoms with E-state index in [1.165, 1.54) is 9.55 Å². The lowest BCUT2D eigenvalue weighted by atomic mass is 9.97. The summed E-state index contributed by atoms with van der Waals surface area (Å²) in [5, 5.41) is 0.688. The highest BCUT2D eigenvalue weighted by Gasteiger charge is 2.23. The average molecular weight is 454 g/mol. The quantitative estimate of drug-likeness (QED) is 0.450. The Kier molecular flexibility index (Phi) is 7.25. The molecule has 170 valence electrons. The molecule has 0 saturated carbocycles. The molecule has 4 rings (SSSR count). The number of nitrogens with one attached hydrogen (secondary N) is 1. The van der Waals surface area contributed by atoms with E-state index in [2.05, 4.69) is 12.3 Å². The van der Waals surface area contributed by atoms with Gasteiger partial charge in [-0.25, -0.2) is 9.66 Å². The van der Waals surface area contributed by atoms with E-state index in [0.717, 1.165) is 67.5 Å². The van der Waals surface area contributed by atoms with Crippen LogP contribution < -0.4 is 15.7 Å². The van der Waals surface area contributed by atoms with Crippen LogP contribution in [0.15, 0.2) is 29.1 Å². The Balaban J connectivity index is 1.67. The number of fused-ring (bicyclic) bond motifs is 3. The molecule has 1 aromatic carbocycles. The fraction of sp³-hybridized carbons (Fsp3) is 0.480. The number of nitrogens with zero attached hydrogens (tertiary/aromatic N) is 2. The van der Waals surface area contributed by atoms with Crippen LogP contribution in [0.2, 0.25) is 0 Å². The molecule has 1 amide bonds. The Bertz CT molecular complexity index is 1150. The molecule has 0 saturated heterocycles. The molecule has 0 bridgehead atoms. The van der Waals surface area contributed by atoms with Gasteiger partial charge in [-0.1, -0.05) is 26.7 Å². The molecule has 0 fully saturated rings. The maximum Gasteiger partial charge on any atom is 0.281 e. The summed E-state index contributed by atoms with van der Waals surface area (Å²) in [6.45, 7) is 4.83. The summed E-state index contributed by atoms with van der Waals surface area (Å²) in [6.07, 6.45) is 8.83. The zero-order chi connectivity index (χ0) is 22.5. The van der Waals surface area contributed by atoms with Crippen LogP contribution in [0, 0.1) is 0 Å². The number of ether oxygens (including phenoxy) is 1. The minimum absolute atomic E-state index is 0.155. The highest BCUT2D eigenvalue weighted by molar-refractivity contribution is 7.18. The van der Waals surface area contributed by atoms with Gasteiger partial charge in [-0.15, -0.1) is 11.3 Å². The van der Waals surface area contributed by atoms with Crippen LogP contribution >= 0.6 is 11.3 Å². The van der Waals surface area contributed by atoms with E-state index in [9.17, 15) is 9.59 Å². The topological polar surface area (TPSA) is 73.2 Å². The maximum absolute atomic E-state index is 13.5. The molecule has 1 aliphatic carbocycles. The molecule has 3 aromatic rings. The van der Waals surface area contributed by atoms with Crippen molar-refractivity contribution < 1.29 is 9.53 Å². The minimum Gasteiger partial charge on any atom is -0.494 e. The predicted octanol–water partition coefficient (Wildman–Crippen LogP) is 5.24. The van der Waals surface area contributed by atoms with E-state index in [-0.39, 0.29) is 11.5 Å². The van der Waals surface area contributed by atoms with Gasteiger partial charge in [0.25, 0.3) is 11.5 Å². The van der Waals surface area contributed by atoms with Crippen LogP contribution in [-0.4, -0.2) is 22.2 Å². The molecule has 0 radical (unpaired) electrons. The van der Waals surface area contributed by atoms with Crippen LogP contribution in [0.5, 0.6) is 5.75 Å². The van der Waals surface area contributed by atoms with Crippen LogP contribution in [-0.2, 0) is 19.3 Å². The zero-order valence-electron chi connectivity index (χ0n) is 18.9. The van der Waals surface area contributed by atoms with Crippen LogP contribution in [0.25, 0.3) is 10.2 Å². The van der Waals surface area contributed by atoms with E-state index in [4.69, 9.17) is 9.72 Å². The SMILES string of the molecule is CCCCCc1nc2sc3c(c2c(=O)n1NC(=O)c1ccc(OCCC)cc1)CCCC3. The predicted molar refractivity (Wildman–Crippen MR) is 130 cm³/mol. The number of thiophene rings is 1. The largest absolute Gasteiger partial charge is 0.494 e. The number of amides is 1. The first-order valence-electron chi connectivity index (χ1n) is 11.7. The Hall–Kier alpha value is -2.67. The second kappa shape index (κ2) is 10.3. The summed E-state index contributed by atoms with van der Waals surface area (Å²) in [7, 11) is 0. The fourth-order valence-corrected chi connectivity index (χ4v) is 5.42. The van der Waals surface area contributed by atoms with Gasteiger partial charge in [-0.3, -0.25) is 15.0 Å². The van der Waals surface area contributed by atoms with E-state index in [1.54, 1.807) is 35.6 Å². The molecule has 1 N–H and O–H groups in total. The second-order valence-corrected chi connectivity index (χ2v) is 9.41. The van der Waals surface area contributed by atoms with E-state index in [1.807, 2.05) is 6.92 Å². The average Bonchev–Trinajstić information content (AvgIpc) is 3.19. The molecule has 2 aromatic heterocycles. The number of unbranched alkanes of at least 4 members (excludes halogenated alkanes) is 2. The Morgan fingerprint density at radius 1 is 1.12 bits per heavy atom. The number of aromatic nitrogens is 2. The molecule has 0 spiro atoms. The van der Waals surface area contributed by atoms with Crippen molar-refractivity contribution in [1.29, 1.82) is 0 Å². The van der Waals surface area contributed by atoms with Gasteiger partial charge in [-0.2, -0.15) is 0 Å². The summed E-state index contributed by atoms with van der Waals surface area (Å²) in [5.74, 6) is 1.04. The van der Waals surface area contributed by atoms with Gasteiger partial charge in [0.2, 0.25) is 0 Å². The van der Waals surface area contributed by atoms with Crippen molar-refractivity contribution in [1.82, 2.24) is 9.66 Å². The van der Waals surface area contributed by atoms with E-state index < -0.39 is 0 Å². The van der Waals surface area contributed by atoms with Gasteiger partial charge in [0, 0.05) is 16.9 Å². The first kappa shape index (κ1) is 22.5. The fourth-order valence-electron chi connectivity index (χ4n) is 4.15. The molecule has 2 heterocycles. The third kappa shape index (κ3) is 4.72. The van der Waals surface area contributed by atoms with Gasteiger partial charge >= 0.3 is 0 Å². The third-order valence-corrected chi connectivity index (χ3v) is 7.05. The van der Waals surface area contributed by atoms with Crippen LogP contribution in [0.4, 0.5) is 0 Å². The number of benzene rings is 1. The number of carbonyl (C=O) groups is 1. The third-order valence-electron chi connectivity index (χ3n) is 5.87. The van der Waals surface area contributed by atoms with Gasteiger partial charge in [0.15, 0.2) is 0 Å². The molecule has 0 aliphatic heterocycles. The number of rotatable bonds is 9. The normalized spacial score (nSPS) is 13.2. The first-order valence-corrected chi connectivity index (χ1v) is 12.5. The molecule has 7 heteroatoms. The maximum atomic E-state index is 13.5. The highest BCUT2D eigenvalue weighted by Crippen LogP contribution is 2.33. The van der Waals surface area contributed by atoms with Crippen LogP contribution in [0.3, 0.4) is 0 Å².